The molecule has 18 heavy (non-hydrogen) atoms. The number of carboxylic acid groups (broad SMARTS) is 1. The fourth-order valence-corrected chi connectivity index (χ4v) is 4.49. The number of aliphatic carboxylic acids is 1. The van der Waals surface area contributed by atoms with E-state index in [1.165, 1.54) is 0 Å². The topological polar surface area (TPSA) is 50.2 Å². The van der Waals surface area contributed by atoms with Crippen LogP contribution in [0.3, 0.4) is 0 Å². The van der Waals surface area contributed by atoms with Crippen molar-refractivity contribution in [3.63, 3.8) is 0 Å². The molecule has 0 spiro atoms. The van der Waals surface area contributed by atoms with Crippen LogP contribution in [-0.2, 0) is 11.2 Å². The highest BCUT2D eigenvalue weighted by Gasteiger charge is 2.30. The Labute approximate surface area is 117 Å². The van der Waals surface area contributed by atoms with E-state index in [-0.39, 0.29) is 0 Å². The van der Waals surface area contributed by atoms with Crippen LogP contribution in [0.15, 0.2) is 11.4 Å². The number of rotatable bonds is 2. The molecule has 2 aromatic heterocycles. The Bertz CT molecular complexity index is 605. The molecule has 0 saturated heterocycles. The van der Waals surface area contributed by atoms with Gasteiger partial charge in [0.25, 0.3) is 0 Å². The zero-order valence-corrected chi connectivity index (χ0v) is 11.7. The Hall–Kier alpha value is -0.910. The molecule has 0 aliphatic heterocycles. The molecular weight excluding hydrogens is 290 g/mol. The molecule has 0 amide bonds. The molecule has 3 nitrogen and oxygen atoms in total. The highest BCUT2D eigenvalue weighted by Crippen LogP contribution is 2.40. The summed E-state index contributed by atoms with van der Waals surface area (Å²) in [5.74, 6) is -1.20. The predicted octanol–water partition coefficient (Wildman–Crippen LogP) is 4.03. The third-order valence-corrected chi connectivity index (χ3v) is 5.61. The van der Waals surface area contributed by atoms with Crippen molar-refractivity contribution in [2.24, 2.45) is 0 Å². The Morgan fingerprint density at radius 1 is 1.56 bits per heavy atom. The number of hydrogen-bond acceptors (Lipinski definition) is 4. The molecule has 1 N–H and O–H groups in total. The molecule has 94 valence electrons. The van der Waals surface area contributed by atoms with Gasteiger partial charge in [0.1, 0.15) is 10.9 Å². The summed E-state index contributed by atoms with van der Waals surface area (Å²) in [6.07, 6.45) is 2.56. The molecule has 0 bridgehead atoms. The molecule has 1 atom stereocenters. The van der Waals surface area contributed by atoms with Gasteiger partial charge in [0, 0.05) is 10.3 Å². The van der Waals surface area contributed by atoms with Crippen molar-refractivity contribution in [1.29, 1.82) is 0 Å². The van der Waals surface area contributed by atoms with Crippen molar-refractivity contribution >= 4 is 40.2 Å². The summed E-state index contributed by atoms with van der Waals surface area (Å²) in [6.45, 7) is 0. The number of fused-ring (bicyclic) bond motifs is 1. The summed E-state index contributed by atoms with van der Waals surface area (Å²) in [5.41, 5.74) is 0.762. The van der Waals surface area contributed by atoms with Gasteiger partial charge in [-0.3, -0.25) is 4.79 Å². The second kappa shape index (κ2) is 4.64. The first-order valence-corrected chi connectivity index (χ1v) is 7.69. The van der Waals surface area contributed by atoms with Crippen molar-refractivity contribution in [3.8, 4) is 9.88 Å². The van der Waals surface area contributed by atoms with Crippen molar-refractivity contribution in [1.82, 2.24) is 4.98 Å². The Morgan fingerprint density at radius 2 is 2.39 bits per heavy atom. The fraction of sp³-hybridized carbons (Fsp3) is 0.333. The smallest absolute Gasteiger partial charge is 0.312 e. The van der Waals surface area contributed by atoms with Crippen LogP contribution < -0.4 is 0 Å². The number of nitrogens with zero attached hydrogens (tertiary/aromatic N) is 1. The van der Waals surface area contributed by atoms with Crippen LogP contribution in [-0.4, -0.2) is 16.1 Å². The lowest BCUT2D eigenvalue weighted by atomic mass is 9.91. The lowest BCUT2D eigenvalue weighted by molar-refractivity contribution is -0.139. The summed E-state index contributed by atoms with van der Waals surface area (Å²) < 4.78 is 0. The van der Waals surface area contributed by atoms with E-state index in [0.29, 0.717) is 11.4 Å². The van der Waals surface area contributed by atoms with E-state index >= 15 is 0 Å². The molecule has 6 heteroatoms. The molecule has 3 rings (SSSR count). The van der Waals surface area contributed by atoms with E-state index in [1.54, 1.807) is 22.7 Å². The summed E-state index contributed by atoms with van der Waals surface area (Å²) in [7, 11) is 0. The molecule has 0 radical (unpaired) electrons. The highest BCUT2D eigenvalue weighted by molar-refractivity contribution is 7.21. The van der Waals surface area contributed by atoms with Crippen LogP contribution in [0.1, 0.15) is 29.3 Å². The monoisotopic (exact) mass is 299 g/mol. The second-order valence-electron chi connectivity index (χ2n) is 4.24. The number of thiazole rings is 1. The number of thiophene rings is 1. The number of carbonyl (C=O) groups is 1. The summed E-state index contributed by atoms with van der Waals surface area (Å²) in [6, 6.07) is 1.88. The van der Waals surface area contributed by atoms with E-state index in [1.807, 2.05) is 11.4 Å². The standard InChI is InChI=1S/C12H10ClNO2S2/c13-6-4-9(17-5-6)11-14-10-7(12(15)16)2-1-3-8(10)18-11/h4-5,7H,1-3H2,(H,15,16). The molecule has 0 aromatic carbocycles. The summed E-state index contributed by atoms with van der Waals surface area (Å²) in [5, 5.41) is 12.7. The van der Waals surface area contributed by atoms with Crippen LogP contribution in [0.2, 0.25) is 5.02 Å². The summed E-state index contributed by atoms with van der Waals surface area (Å²) in [4.78, 5) is 17.9. The van der Waals surface area contributed by atoms with Gasteiger partial charge in [-0.25, -0.2) is 4.98 Å². The second-order valence-corrected chi connectivity index (χ2v) is 6.67. The normalized spacial score (nSPS) is 18.6. The van der Waals surface area contributed by atoms with Crippen molar-refractivity contribution in [2.45, 2.75) is 25.2 Å². The molecule has 1 aliphatic rings. The zero-order valence-electron chi connectivity index (χ0n) is 9.35. The average Bonchev–Trinajstić information content (AvgIpc) is 2.93. The third kappa shape index (κ3) is 2.06. The van der Waals surface area contributed by atoms with Crippen LogP contribution in [0.25, 0.3) is 9.88 Å². The van der Waals surface area contributed by atoms with Crippen LogP contribution in [0.5, 0.6) is 0 Å². The first-order valence-electron chi connectivity index (χ1n) is 5.62. The first-order chi connectivity index (χ1) is 8.65. The molecule has 1 unspecified atom stereocenters. The minimum absolute atomic E-state index is 0.436. The van der Waals surface area contributed by atoms with E-state index in [4.69, 9.17) is 11.6 Å². The lowest BCUT2D eigenvalue weighted by Gasteiger charge is -2.16. The van der Waals surface area contributed by atoms with Crippen molar-refractivity contribution in [2.75, 3.05) is 0 Å². The largest absolute Gasteiger partial charge is 0.481 e. The van der Waals surface area contributed by atoms with Gasteiger partial charge >= 0.3 is 5.97 Å². The lowest BCUT2D eigenvalue weighted by Crippen LogP contribution is -2.17. The van der Waals surface area contributed by atoms with Gasteiger partial charge in [-0.15, -0.1) is 22.7 Å². The maximum Gasteiger partial charge on any atom is 0.312 e. The van der Waals surface area contributed by atoms with Crippen molar-refractivity contribution < 1.29 is 9.90 Å². The molecule has 0 saturated carbocycles. The highest BCUT2D eigenvalue weighted by atomic mass is 35.5. The van der Waals surface area contributed by atoms with E-state index in [9.17, 15) is 9.90 Å². The molecule has 1 aliphatic carbocycles. The number of carboxylic acids is 1. The maximum absolute atomic E-state index is 11.2. The minimum atomic E-state index is -0.767. The Morgan fingerprint density at radius 3 is 3.06 bits per heavy atom. The first kappa shape index (κ1) is 12.1. The number of aryl methyl sites for hydroxylation is 1. The van der Waals surface area contributed by atoms with Crippen LogP contribution in [0, 0.1) is 0 Å². The predicted molar refractivity (Wildman–Crippen MR) is 73.8 cm³/mol. The Kier molecular flexibility index (Phi) is 3.13. The van der Waals surface area contributed by atoms with Gasteiger partial charge in [-0.1, -0.05) is 11.6 Å². The van der Waals surface area contributed by atoms with Gasteiger partial charge in [-0.05, 0) is 25.3 Å². The average molecular weight is 300 g/mol. The van der Waals surface area contributed by atoms with E-state index < -0.39 is 11.9 Å². The molecule has 0 fully saturated rings. The van der Waals surface area contributed by atoms with Gasteiger partial charge in [0.2, 0.25) is 0 Å². The van der Waals surface area contributed by atoms with Gasteiger partial charge in [0.15, 0.2) is 0 Å². The number of aromatic nitrogens is 1. The SMILES string of the molecule is O=C(O)C1CCCc2sc(-c3cc(Cl)cs3)nc21. The minimum Gasteiger partial charge on any atom is -0.481 e. The fourth-order valence-electron chi connectivity index (χ4n) is 2.19. The Balaban J connectivity index is 2.03. The third-order valence-electron chi connectivity index (χ3n) is 3.03. The zero-order chi connectivity index (χ0) is 12.7. The summed E-state index contributed by atoms with van der Waals surface area (Å²) >= 11 is 9.05. The van der Waals surface area contributed by atoms with Crippen molar-refractivity contribution in [3.05, 3.63) is 27.0 Å². The number of hydrogen-bond donors (Lipinski definition) is 1. The van der Waals surface area contributed by atoms with E-state index in [0.717, 1.165) is 33.3 Å². The maximum atomic E-state index is 11.2. The van der Waals surface area contributed by atoms with Crippen LogP contribution in [0.4, 0.5) is 0 Å². The van der Waals surface area contributed by atoms with E-state index in [2.05, 4.69) is 4.98 Å². The molecule has 2 aromatic rings. The van der Waals surface area contributed by atoms with Gasteiger partial charge in [-0.2, -0.15) is 0 Å². The molecular formula is C12H10ClNO2S2. The van der Waals surface area contributed by atoms with Gasteiger partial charge < -0.3 is 5.11 Å². The quantitative estimate of drug-likeness (QED) is 0.911. The molecule has 2 heterocycles. The van der Waals surface area contributed by atoms with Crippen LogP contribution >= 0.6 is 34.3 Å². The van der Waals surface area contributed by atoms with Gasteiger partial charge in [0.05, 0.1) is 15.6 Å². The number of halogens is 1.